The van der Waals surface area contributed by atoms with E-state index in [0.29, 0.717) is 30.1 Å². The Morgan fingerprint density at radius 3 is 2.46 bits per heavy atom. The summed E-state index contributed by atoms with van der Waals surface area (Å²) in [6, 6.07) is 10.0. The van der Waals surface area contributed by atoms with Crippen molar-refractivity contribution >= 4 is 16.7 Å². The Bertz CT molecular complexity index is 826. The Labute approximate surface area is 168 Å². The van der Waals surface area contributed by atoms with Crippen molar-refractivity contribution < 1.29 is 9.53 Å². The number of benzene rings is 1. The second kappa shape index (κ2) is 8.00. The van der Waals surface area contributed by atoms with E-state index in [1.807, 2.05) is 6.07 Å². The monoisotopic (exact) mass is 382 g/mol. The van der Waals surface area contributed by atoms with Gasteiger partial charge in [0.25, 0.3) is 0 Å². The third-order valence-electron chi connectivity index (χ3n) is 6.55. The highest BCUT2D eigenvalue weighted by Gasteiger charge is 2.43. The van der Waals surface area contributed by atoms with E-state index in [4.69, 9.17) is 4.74 Å². The molecule has 0 radical (unpaired) electrons. The predicted octanol–water partition coefficient (Wildman–Crippen LogP) is 4.90. The lowest BCUT2D eigenvalue weighted by atomic mass is 9.97. The highest BCUT2D eigenvalue weighted by Crippen LogP contribution is 2.39. The first-order valence-corrected chi connectivity index (χ1v) is 10.9. The van der Waals surface area contributed by atoms with Gasteiger partial charge >= 0.3 is 0 Å². The first-order valence-electron chi connectivity index (χ1n) is 10.9. The average molecular weight is 383 g/mol. The number of carbonyl (C=O) groups is 1. The van der Waals surface area contributed by atoms with Gasteiger partial charge in [-0.05, 0) is 51.5 Å². The number of hydrogen-bond donors (Lipinski definition) is 0. The number of ether oxygens (including phenoxy) is 1. The topological polar surface area (TPSA) is 34.5 Å². The summed E-state index contributed by atoms with van der Waals surface area (Å²) in [7, 11) is 0. The molecule has 1 aromatic carbocycles. The molecule has 3 heterocycles. The van der Waals surface area contributed by atoms with E-state index >= 15 is 0 Å². The minimum Gasteiger partial charge on any atom is -0.378 e. The van der Waals surface area contributed by atoms with Gasteiger partial charge in [-0.15, -0.1) is 0 Å². The molecule has 28 heavy (non-hydrogen) atoms. The van der Waals surface area contributed by atoms with Crippen LogP contribution in [0.2, 0.25) is 0 Å². The Hall–Kier alpha value is -1.65. The average Bonchev–Trinajstić information content (AvgIpc) is 3.15. The molecule has 0 N–H and O–H groups in total. The number of ketones is 1. The lowest BCUT2D eigenvalue weighted by Gasteiger charge is -2.42. The zero-order valence-electron chi connectivity index (χ0n) is 17.7. The molecule has 0 aliphatic carbocycles. The van der Waals surface area contributed by atoms with Gasteiger partial charge in [0.2, 0.25) is 0 Å². The molecule has 0 spiro atoms. The van der Waals surface area contributed by atoms with Crippen LogP contribution in [0.4, 0.5) is 0 Å². The third-order valence-corrected chi connectivity index (χ3v) is 6.55. The molecule has 2 aliphatic rings. The predicted molar refractivity (Wildman–Crippen MR) is 114 cm³/mol. The molecule has 3 atom stereocenters. The van der Waals surface area contributed by atoms with Crippen LogP contribution in [-0.4, -0.2) is 46.1 Å². The smallest absolute Gasteiger partial charge is 0.161 e. The molecular weight excluding hydrogens is 348 g/mol. The highest BCUT2D eigenvalue weighted by molar-refractivity contribution is 6.06. The summed E-state index contributed by atoms with van der Waals surface area (Å²) in [6.45, 7) is 10.3. The number of carbonyl (C=O) groups excluding carboxylic acids is 1. The second-order valence-corrected chi connectivity index (χ2v) is 9.27. The lowest BCUT2D eigenvalue weighted by Crippen LogP contribution is -2.50. The van der Waals surface area contributed by atoms with E-state index in [1.54, 1.807) is 6.92 Å². The summed E-state index contributed by atoms with van der Waals surface area (Å²) < 4.78 is 8.48. The van der Waals surface area contributed by atoms with Crippen LogP contribution in [0, 0.1) is 5.92 Å². The molecule has 1 aromatic heterocycles. The third kappa shape index (κ3) is 3.77. The van der Waals surface area contributed by atoms with E-state index in [-0.39, 0.29) is 5.78 Å². The molecule has 2 aliphatic heterocycles. The SMILES string of the molecule is CC(=O)c1cn(CC(C)N2C3CCC2CC(OCC(C)C)C3)c2ccccc12. The molecule has 2 bridgehead atoms. The molecule has 2 saturated heterocycles. The van der Waals surface area contributed by atoms with Gasteiger partial charge in [0.05, 0.1) is 6.10 Å². The maximum absolute atomic E-state index is 12.1. The number of nitrogens with zero attached hydrogens (tertiary/aromatic N) is 2. The van der Waals surface area contributed by atoms with E-state index in [9.17, 15) is 4.79 Å². The Kier molecular flexibility index (Phi) is 5.62. The fourth-order valence-corrected chi connectivity index (χ4v) is 5.41. The van der Waals surface area contributed by atoms with Crippen LogP contribution in [0.5, 0.6) is 0 Å². The van der Waals surface area contributed by atoms with Crippen LogP contribution in [0.1, 0.15) is 63.7 Å². The van der Waals surface area contributed by atoms with Crippen LogP contribution in [-0.2, 0) is 11.3 Å². The summed E-state index contributed by atoms with van der Waals surface area (Å²) in [5.41, 5.74) is 2.01. The molecule has 0 saturated carbocycles. The fraction of sp³-hybridized carbons (Fsp3) is 0.625. The number of piperidine rings is 1. The summed E-state index contributed by atoms with van der Waals surface area (Å²) in [4.78, 5) is 14.8. The second-order valence-electron chi connectivity index (χ2n) is 9.27. The normalized spacial score (nSPS) is 26.2. The van der Waals surface area contributed by atoms with Crippen molar-refractivity contribution in [2.24, 2.45) is 5.92 Å². The molecule has 2 aromatic rings. The van der Waals surface area contributed by atoms with Crippen LogP contribution in [0.3, 0.4) is 0 Å². The van der Waals surface area contributed by atoms with Crippen molar-refractivity contribution in [3.05, 3.63) is 36.0 Å². The molecule has 4 nitrogen and oxygen atoms in total. The number of hydrogen-bond acceptors (Lipinski definition) is 3. The van der Waals surface area contributed by atoms with Crippen molar-refractivity contribution in [1.29, 1.82) is 0 Å². The van der Waals surface area contributed by atoms with Crippen LogP contribution in [0.25, 0.3) is 10.9 Å². The first kappa shape index (κ1) is 19.7. The molecule has 152 valence electrons. The Morgan fingerprint density at radius 2 is 1.82 bits per heavy atom. The zero-order valence-corrected chi connectivity index (χ0v) is 17.7. The van der Waals surface area contributed by atoms with Gasteiger partial charge in [0.1, 0.15) is 0 Å². The molecule has 4 heteroatoms. The minimum absolute atomic E-state index is 0.144. The summed E-state index contributed by atoms with van der Waals surface area (Å²) >= 11 is 0. The number of Topliss-reactive ketones (excluding diaryl/α,β-unsaturated/α-hetero) is 1. The standard InChI is InChI=1S/C24H34N2O2/c1-16(2)15-28-21-11-19-9-10-20(12-21)26(19)17(3)13-25-14-23(18(4)27)22-7-5-6-8-24(22)25/h5-8,14,16-17,19-21H,9-13,15H2,1-4H3. The number of para-hydroxylation sites is 1. The quantitative estimate of drug-likeness (QED) is 0.639. The minimum atomic E-state index is 0.144. The van der Waals surface area contributed by atoms with Gasteiger partial charge in [0, 0.05) is 53.9 Å². The maximum Gasteiger partial charge on any atom is 0.161 e. The van der Waals surface area contributed by atoms with Crippen molar-refractivity contribution in [3.8, 4) is 0 Å². The molecule has 2 fully saturated rings. The van der Waals surface area contributed by atoms with E-state index in [1.165, 1.54) is 31.2 Å². The van der Waals surface area contributed by atoms with Crippen LogP contribution >= 0.6 is 0 Å². The van der Waals surface area contributed by atoms with Crippen molar-refractivity contribution in [2.45, 2.75) is 84.2 Å². The zero-order chi connectivity index (χ0) is 19.8. The van der Waals surface area contributed by atoms with Gasteiger partial charge in [-0.3, -0.25) is 9.69 Å². The van der Waals surface area contributed by atoms with Crippen molar-refractivity contribution in [2.75, 3.05) is 6.61 Å². The van der Waals surface area contributed by atoms with Gasteiger partial charge in [-0.2, -0.15) is 0 Å². The maximum atomic E-state index is 12.1. The Balaban J connectivity index is 1.49. The van der Waals surface area contributed by atoms with Crippen molar-refractivity contribution in [1.82, 2.24) is 9.47 Å². The number of aromatic nitrogens is 1. The fourth-order valence-electron chi connectivity index (χ4n) is 5.41. The lowest BCUT2D eigenvalue weighted by molar-refractivity contribution is -0.0408. The van der Waals surface area contributed by atoms with Crippen LogP contribution < -0.4 is 0 Å². The van der Waals surface area contributed by atoms with Gasteiger partial charge in [-0.1, -0.05) is 32.0 Å². The van der Waals surface area contributed by atoms with E-state index in [0.717, 1.165) is 24.1 Å². The van der Waals surface area contributed by atoms with E-state index < -0.39 is 0 Å². The summed E-state index contributed by atoms with van der Waals surface area (Å²) in [5.74, 6) is 0.748. The number of fused-ring (bicyclic) bond motifs is 3. The molecule has 4 rings (SSSR count). The Morgan fingerprint density at radius 1 is 1.14 bits per heavy atom. The van der Waals surface area contributed by atoms with Gasteiger partial charge < -0.3 is 9.30 Å². The molecular formula is C24H34N2O2. The number of rotatable bonds is 7. The van der Waals surface area contributed by atoms with Gasteiger partial charge in [-0.25, -0.2) is 0 Å². The largest absolute Gasteiger partial charge is 0.378 e. The summed E-state index contributed by atoms with van der Waals surface area (Å²) in [6.07, 6.45) is 7.41. The summed E-state index contributed by atoms with van der Waals surface area (Å²) in [5, 5.41) is 1.07. The van der Waals surface area contributed by atoms with Gasteiger partial charge in [0.15, 0.2) is 5.78 Å². The van der Waals surface area contributed by atoms with E-state index in [2.05, 4.69) is 54.6 Å². The highest BCUT2D eigenvalue weighted by atomic mass is 16.5. The first-order chi connectivity index (χ1) is 13.4. The molecule has 0 amide bonds. The van der Waals surface area contributed by atoms with Crippen molar-refractivity contribution in [3.63, 3.8) is 0 Å². The van der Waals surface area contributed by atoms with Crippen LogP contribution in [0.15, 0.2) is 30.5 Å². The molecule has 3 unspecified atom stereocenters.